The first-order chi connectivity index (χ1) is 15.1. The standard InChI is InChI=1S/C22H24N6OS2/c1-13(2)25-21-16-7-19(20-9-23-12-30-20)31-22(16)24-8-17(21)18-10-28(27-26-18)15-5-3-14(11-29)4-6-15/h7-15H,3-6H2,1-2H3,(H,24,25). The molecule has 0 amide bonds. The van der Waals surface area contributed by atoms with Gasteiger partial charge in [-0.1, -0.05) is 5.21 Å². The summed E-state index contributed by atoms with van der Waals surface area (Å²) in [5, 5.41) is 13.6. The molecule has 5 rings (SSSR count). The zero-order valence-electron chi connectivity index (χ0n) is 17.5. The molecule has 0 atom stereocenters. The van der Waals surface area contributed by atoms with Crippen LogP contribution >= 0.6 is 22.7 Å². The van der Waals surface area contributed by atoms with Gasteiger partial charge < -0.3 is 10.1 Å². The Morgan fingerprint density at radius 3 is 2.74 bits per heavy atom. The van der Waals surface area contributed by atoms with E-state index in [0.717, 1.165) is 64.0 Å². The lowest BCUT2D eigenvalue weighted by Gasteiger charge is -2.24. The maximum atomic E-state index is 11.1. The minimum Gasteiger partial charge on any atom is -0.382 e. The van der Waals surface area contributed by atoms with Gasteiger partial charge in [-0.3, -0.25) is 4.98 Å². The molecule has 4 aromatic heterocycles. The molecule has 31 heavy (non-hydrogen) atoms. The Hall–Kier alpha value is -2.65. The molecule has 1 aliphatic rings. The van der Waals surface area contributed by atoms with Crippen molar-refractivity contribution < 1.29 is 4.79 Å². The molecule has 1 N–H and O–H groups in total. The quantitative estimate of drug-likeness (QED) is 0.393. The van der Waals surface area contributed by atoms with E-state index in [2.05, 4.69) is 40.5 Å². The summed E-state index contributed by atoms with van der Waals surface area (Å²) in [5.41, 5.74) is 4.68. The lowest BCUT2D eigenvalue weighted by atomic mass is 9.87. The second-order valence-electron chi connectivity index (χ2n) is 8.33. The van der Waals surface area contributed by atoms with Crippen molar-refractivity contribution in [3.05, 3.63) is 30.2 Å². The summed E-state index contributed by atoms with van der Waals surface area (Å²) in [6.45, 7) is 4.27. The second-order valence-corrected chi connectivity index (χ2v) is 10.2. The number of carbonyl (C=O) groups is 1. The molecule has 1 saturated carbocycles. The third kappa shape index (κ3) is 3.99. The van der Waals surface area contributed by atoms with E-state index in [-0.39, 0.29) is 12.0 Å². The summed E-state index contributed by atoms with van der Waals surface area (Å²) < 4.78 is 1.97. The fraction of sp³-hybridized carbons (Fsp3) is 0.409. The lowest BCUT2D eigenvalue weighted by molar-refractivity contribution is -0.112. The molecule has 0 bridgehead atoms. The van der Waals surface area contributed by atoms with Crippen LogP contribution < -0.4 is 5.32 Å². The van der Waals surface area contributed by atoms with Crippen LogP contribution in [0, 0.1) is 5.92 Å². The predicted molar refractivity (Wildman–Crippen MR) is 126 cm³/mol. The summed E-state index contributed by atoms with van der Waals surface area (Å²) in [6, 6.07) is 2.76. The lowest BCUT2D eigenvalue weighted by Crippen LogP contribution is -2.19. The number of anilines is 1. The number of rotatable bonds is 6. The van der Waals surface area contributed by atoms with Gasteiger partial charge in [-0.05, 0) is 45.6 Å². The van der Waals surface area contributed by atoms with Gasteiger partial charge in [0.2, 0.25) is 0 Å². The van der Waals surface area contributed by atoms with E-state index >= 15 is 0 Å². The molecule has 0 radical (unpaired) electrons. The summed E-state index contributed by atoms with van der Waals surface area (Å²) in [5.74, 6) is 0.194. The van der Waals surface area contributed by atoms with Crippen LogP contribution in [0.1, 0.15) is 45.6 Å². The van der Waals surface area contributed by atoms with Crippen molar-refractivity contribution in [2.75, 3.05) is 5.32 Å². The number of thiophene rings is 1. The van der Waals surface area contributed by atoms with Crippen LogP contribution in [0.2, 0.25) is 0 Å². The highest BCUT2D eigenvalue weighted by molar-refractivity contribution is 7.25. The average molecular weight is 453 g/mol. The molecular weight excluding hydrogens is 428 g/mol. The molecule has 9 heteroatoms. The smallest absolute Gasteiger partial charge is 0.125 e. The molecule has 0 aromatic carbocycles. The Labute approximate surface area is 188 Å². The van der Waals surface area contributed by atoms with Crippen molar-refractivity contribution in [2.45, 2.75) is 51.6 Å². The van der Waals surface area contributed by atoms with E-state index in [1.165, 1.54) is 4.88 Å². The van der Waals surface area contributed by atoms with Gasteiger partial charge in [-0.25, -0.2) is 9.67 Å². The van der Waals surface area contributed by atoms with Gasteiger partial charge in [0, 0.05) is 40.2 Å². The Balaban J connectivity index is 1.52. The molecule has 1 fully saturated rings. The number of fused-ring (bicyclic) bond motifs is 1. The van der Waals surface area contributed by atoms with Gasteiger partial charge in [-0.2, -0.15) is 0 Å². The van der Waals surface area contributed by atoms with Crippen LogP contribution in [0.5, 0.6) is 0 Å². The van der Waals surface area contributed by atoms with E-state index < -0.39 is 0 Å². The summed E-state index contributed by atoms with van der Waals surface area (Å²) >= 11 is 3.32. The maximum Gasteiger partial charge on any atom is 0.125 e. The van der Waals surface area contributed by atoms with Crippen LogP contribution in [0.4, 0.5) is 5.69 Å². The zero-order valence-corrected chi connectivity index (χ0v) is 19.1. The third-order valence-electron chi connectivity index (χ3n) is 5.76. The fourth-order valence-electron chi connectivity index (χ4n) is 4.17. The minimum atomic E-state index is 0.194. The summed E-state index contributed by atoms with van der Waals surface area (Å²) in [6.07, 6.45) is 10.7. The number of aromatic nitrogens is 5. The fourth-order valence-corrected chi connectivity index (χ4v) is 5.88. The molecule has 0 spiro atoms. The number of hydrogen-bond donors (Lipinski definition) is 1. The first kappa shape index (κ1) is 20.3. The number of aldehydes is 1. The molecule has 160 valence electrons. The van der Waals surface area contributed by atoms with E-state index in [0.29, 0.717) is 6.04 Å². The highest BCUT2D eigenvalue weighted by atomic mass is 32.1. The summed E-state index contributed by atoms with van der Waals surface area (Å²) in [4.78, 5) is 23.3. The number of nitrogens with zero attached hydrogens (tertiary/aromatic N) is 5. The molecule has 7 nitrogen and oxygen atoms in total. The number of hydrogen-bond acceptors (Lipinski definition) is 8. The number of pyridine rings is 1. The molecular formula is C22H24N6OS2. The van der Waals surface area contributed by atoms with Crippen LogP contribution in [0.3, 0.4) is 0 Å². The normalized spacial score (nSPS) is 19.2. The monoisotopic (exact) mass is 452 g/mol. The van der Waals surface area contributed by atoms with Gasteiger partial charge in [0.25, 0.3) is 0 Å². The first-order valence-corrected chi connectivity index (χ1v) is 12.3. The molecule has 4 heterocycles. The predicted octanol–water partition coefficient (Wildman–Crippen LogP) is 5.43. The largest absolute Gasteiger partial charge is 0.382 e. The van der Waals surface area contributed by atoms with Gasteiger partial charge >= 0.3 is 0 Å². The summed E-state index contributed by atoms with van der Waals surface area (Å²) in [7, 11) is 0. The van der Waals surface area contributed by atoms with Gasteiger partial charge in [0.05, 0.1) is 28.3 Å². The van der Waals surface area contributed by atoms with E-state index in [1.807, 2.05) is 28.8 Å². The van der Waals surface area contributed by atoms with E-state index in [4.69, 9.17) is 4.98 Å². The van der Waals surface area contributed by atoms with Gasteiger partial charge in [-0.15, -0.1) is 27.8 Å². The number of carbonyl (C=O) groups excluding carboxylic acids is 1. The van der Waals surface area contributed by atoms with Crippen molar-refractivity contribution >= 4 is 44.9 Å². The van der Waals surface area contributed by atoms with Crippen LogP contribution in [0.25, 0.3) is 31.2 Å². The topological polar surface area (TPSA) is 85.6 Å². The Morgan fingerprint density at radius 2 is 2.03 bits per heavy atom. The average Bonchev–Trinajstić information content (AvgIpc) is 3.53. The molecule has 4 aromatic rings. The molecule has 0 unspecified atom stereocenters. The third-order valence-corrected chi connectivity index (χ3v) is 7.78. The molecule has 1 aliphatic carbocycles. The molecule has 0 saturated heterocycles. The maximum absolute atomic E-state index is 11.1. The van der Waals surface area contributed by atoms with Crippen molar-refractivity contribution in [3.63, 3.8) is 0 Å². The van der Waals surface area contributed by atoms with Crippen LogP contribution in [-0.4, -0.2) is 37.3 Å². The number of thiazole rings is 1. The first-order valence-electron chi connectivity index (χ1n) is 10.6. The van der Waals surface area contributed by atoms with Crippen LogP contribution in [0.15, 0.2) is 30.2 Å². The van der Waals surface area contributed by atoms with Crippen molar-refractivity contribution in [3.8, 4) is 21.0 Å². The van der Waals surface area contributed by atoms with Crippen molar-refractivity contribution in [1.29, 1.82) is 0 Å². The SMILES string of the molecule is CC(C)Nc1c(-c2cn(C3CCC(C=O)CC3)nn2)cnc2sc(-c3cncs3)cc12. The van der Waals surface area contributed by atoms with Crippen molar-refractivity contribution in [1.82, 2.24) is 25.0 Å². The Kier molecular flexibility index (Phi) is 5.54. The second kappa shape index (κ2) is 8.47. The highest BCUT2D eigenvalue weighted by Crippen LogP contribution is 2.41. The van der Waals surface area contributed by atoms with E-state index in [1.54, 1.807) is 22.7 Å². The van der Waals surface area contributed by atoms with Gasteiger partial charge in [0.15, 0.2) is 0 Å². The zero-order chi connectivity index (χ0) is 21.4. The Bertz CT molecular complexity index is 1190. The van der Waals surface area contributed by atoms with Crippen molar-refractivity contribution in [2.24, 2.45) is 5.92 Å². The minimum absolute atomic E-state index is 0.194. The van der Waals surface area contributed by atoms with Gasteiger partial charge in [0.1, 0.15) is 16.8 Å². The van der Waals surface area contributed by atoms with Crippen LogP contribution in [-0.2, 0) is 4.79 Å². The molecule has 0 aliphatic heterocycles. The highest BCUT2D eigenvalue weighted by Gasteiger charge is 2.24. The van der Waals surface area contributed by atoms with E-state index in [9.17, 15) is 4.79 Å². The Morgan fingerprint density at radius 1 is 1.19 bits per heavy atom. The number of nitrogens with one attached hydrogen (secondary N) is 1.